The van der Waals surface area contributed by atoms with Gasteiger partial charge < -0.3 is 43.9 Å². The second-order valence-corrected chi connectivity index (χ2v) is 9.69. The van der Waals surface area contributed by atoms with E-state index >= 15 is 0 Å². The molecule has 0 aromatic heterocycles. The Morgan fingerprint density at radius 2 is 0.771 bits per heavy atom. The number of methoxy groups -OCH3 is 3. The molecule has 0 aromatic rings. The summed E-state index contributed by atoms with van der Waals surface area (Å²) in [5.41, 5.74) is 0. The number of carbonyl (C=O) groups is 3. The van der Waals surface area contributed by atoms with Crippen molar-refractivity contribution in [2.75, 3.05) is 75.7 Å². The topological polar surface area (TPSA) is 148 Å². The predicted molar refractivity (Wildman–Crippen MR) is 142 cm³/mol. The Morgan fingerprint density at radius 1 is 0.543 bits per heavy atom. The molecule has 0 rings (SSSR count). The van der Waals surface area contributed by atoms with Gasteiger partial charge in [0.15, 0.2) is 0 Å². The molecule has 0 radical (unpaired) electrons. The normalized spacial score (nSPS) is 9.54. The first-order valence-corrected chi connectivity index (χ1v) is 17.4. The number of unbranched alkanes of at least 4 members (excludes halogenated alkanes) is 3. The van der Waals surface area contributed by atoms with Gasteiger partial charge in [-0.25, -0.2) is 0 Å². The summed E-state index contributed by atoms with van der Waals surface area (Å²) in [5, 5.41) is 29.8. The maximum atomic E-state index is 9.93. The summed E-state index contributed by atoms with van der Waals surface area (Å²) in [7, 11) is 4.98. The zero-order valence-corrected chi connectivity index (χ0v) is 26.8. The van der Waals surface area contributed by atoms with Crippen LogP contribution in [0.2, 0.25) is 4.94 Å². The molecule has 0 N–H and O–H groups in total. The molecular formula is C22H42O9S3Sn. The maximum absolute atomic E-state index is 9.93. The number of carboxylic acids is 3. The van der Waals surface area contributed by atoms with E-state index in [1.807, 2.05) is 0 Å². The van der Waals surface area contributed by atoms with Gasteiger partial charge in [-0.2, -0.15) is 35.3 Å². The van der Waals surface area contributed by atoms with Crippen LogP contribution in [0.5, 0.6) is 0 Å². The standard InChI is InChI=1S/3C7H14O3S.CH3.Sn/c3*1-10-4-2-3-5-11-6-7(8)9;;/h3*2-6H2,1H3,(H,8,9);1H3;/q;;;;+3/p-3. The summed E-state index contributed by atoms with van der Waals surface area (Å²) < 4.78 is 14.5. The minimum absolute atomic E-state index is 0.104. The number of carboxylic acid groups (broad SMARTS) is 3. The Kier molecular flexibility index (Phi) is 49.8. The van der Waals surface area contributed by atoms with Crippen molar-refractivity contribution in [2.45, 2.75) is 43.5 Å². The van der Waals surface area contributed by atoms with Gasteiger partial charge in [-0.3, -0.25) is 0 Å². The SMILES string of the molecule is COCCCCSCC(=O)[O-].COCCCCSCC(=O)[O-].COCCCCSCC(=O)[O-].[CH3][Sn+3]. The number of hydrogen-bond acceptors (Lipinski definition) is 12. The number of hydrogen-bond donors (Lipinski definition) is 0. The molecule has 13 heteroatoms. The van der Waals surface area contributed by atoms with E-state index in [1.54, 1.807) is 43.9 Å². The van der Waals surface area contributed by atoms with E-state index in [4.69, 9.17) is 14.2 Å². The Morgan fingerprint density at radius 3 is 0.943 bits per heavy atom. The van der Waals surface area contributed by atoms with E-state index in [2.05, 4.69) is 4.94 Å². The molecule has 0 aliphatic carbocycles. The minimum atomic E-state index is -0.984. The number of thioether (sulfide) groups is 3. The van der Waals surface area contributed by atoms with Crippen LogP contribution in [0.15, 0.2) is 0 Å². The molecular weight excluding hydrogens is 623 g/mol. The fourth-order valence-corrected chi connectivity index (χ4v) is 3.98. The average Bonchev–Trinajstić information content (AvgIpc) is 2.82. The molecule has 0 aliphatic heterocycles. The van der Waals surface area contributed by atoms with E-state index in [0.29, 0.717) is 0 Å². The fourth-order valence-electron chi connectivity index (χ4n) is 1.82. The zero-order chi connectivity index (χ0) is 27.6. The van der Waals surface area contributed by atoms with Crippen LogP contribution in [0.3, 0.4) is 0 Å². The molecule has 0 fully saturated rings. The summed E-state index contributed by atoms with van der Waals surface area (Å²) in [6, 6.07) is 0. The molecule has 0 amide bonds. The molecule has 0 aromatic carbocycles. The van der Waals surface area contributed by atoms with E-state index in [9.17, 15) is 29.7 Å². The van der Waals surface area contributed by atoms with Crippen LogP contribution >= 0.6 is 35.3 Å². The predicted octanol–water partition coefficient (Wildman–Crippen LogP) is -0.109. The van der Waals surface area contributed by atoms with Crippen molar-refractivity contribution in [1.29, 1.82) is 0 Å². The van der Waals surface area contributed by atoms with Gasteiger partial charge in [-0.15, -0.1) is 0 Å². The number of rotatable bonds is 21. The quantitative estimate of drug-likeness (QED) is 0.119. The second kappa shape index (κ2) is 41.3. The molecule has 0 bridgehead atoms. The van der Waals surface area contributed by atoms with Crippen molar-refractivity contribution in [3.63, 3.8) is 0 Å². The fraction of sp³-hybridized carbons (Fsp3) is 0.864. The van der Waals surface area contributed by atoms with Crippen molar-refractivity contribution in [3.8, 4) is 0 Å². The molecule has 0 heterocycles. The second-order valence-electron chi connectivity index (χ2n) is 6.37. The average molecular weight is 665 g/mol. The number of aliphatic carboxylic acids is 3. The van der Waals surface area contributed by atoms with Crippen LogP contribution in [0.4, 0.5) is 0 Å². The van der Waals surface area contributed by atoms with Gasteiger partial charge in [0, 0.05) is 58.4 Å². The molecule has 35 heavy (non-hydrogen) atoms. The first kappa shape index (κ1) is 42.2. The molecule has 0 saturated carbocycles. The van der Waals surface area contributed by atoms with Crippen molar-refractivity contribution in [1.82, 2.24) is 0 Å². The van der Waals surface area contributed by atoms with Crippen LogP contribution in [0.25, 0.3) is 0 Å². The van der Waals surface area contributed by atoms with E-state index in [-0.39, 0.29) is 17.3 Å². The number of carbonyl (C=O) groups excluding carboxylic acids is 3. The van der Waals surface area contributed by atoms with Crippen molar-refractivity contribution >= 4 is 75.7 Å². The van der Waals surface area contributed by atoms with Gasteiger partial charge in [0.25, 0.3) is 0 Å². The summed E-state index contributed by atoms with van der Waals surface area (Å²) in [5.74, 6) is -0.0240. The number of ether oxygens (including phenoxy) is 3. The third-order valence-corrected chi connectivity index (χ3v) is 6.37. The van der Waals surface area contributed by atoms with Gasteiger partial charge in [-0.1, -0.05) is 0 Å². The third-order valence-electron chi connectivity index (χ3n) is 3.32. The van der Waals surface area contributed by atoms with E-state index in [0.717, 1.165) is 75.6 Å². The molecule has 0 aliphatic rings. The van der Waals surface area contributed by atoms with Crippen LogP contribution in [0.1, 0.15) is 38.5 Å². The molecule has 206 valence electrons. The van der Waals surface area contributed by atoms with Crippen LogP contribution in [-0.2, 0) is 28.6 Å². The van der Waals surface area contributed by atoms with Crippen LogP contribution < -0.4 is 15.3 Å². The summed E-state index contributed by atoms with van der Waals surface area (Å²) in [4.78, 5) is 31.9. The van der Waals surface area contributed by atoms with Gasteiger partial charge >= 0.3 is 27.5 Å². The Bertz CT molecular complexity index is 387. The molecule has 0 spiro atoms. The third kappa shape index (κ3) is 60.5. The van der Waals surface area contributed by atoms with Crippen molar-refractivity contribution < 1.29 is 43.9 Å². The Balaban J connectivity index is -0.000000198. The zero-order valence-electron chi connectivity index (χ0n) is 21.5. The van der Waals surface area contributed by atoms with E-state index in [1.165, 1.54) is 35.3 Å². The Labute approximate surface area is 237 Å². The van der Waals surface area contributed by atoms with Gasteiger partial charge in [0.2, 0.25) is 0 Å². The molecule has 0 unspecified atom stereocenters. The summed E-state index contributed by atoms with van der Waals surface area (Å²) in [6.45, 7) is 2.27. The van der Waals surface area contributed by atoms with Crippen LogP contribution in [0, 0.1) is 0 Å². The van der Waals surface area contributed by atoms with Crippen molar-refractivity contribution in [2.24, 2.45) is 0 Å². The molecule has 9 nitrogen and oxygen atoms in total. The molecule has 0 saturated heterocycles. The van der Waals surface area contributed by atoms with E-state index < -0.39 is 17.9 Å². The van der Waals surface area contributed by atoms with Gasteiger partial charge in [0.1, 0.15) is 0 Å². The summed E-state index contributed by atoms with van der Waals surface area (Å²) in [6.07, 6.45) is 6.01. The molecule has 0 atom stereocenters. The first-order valence-electron chi connectivity index (χ1n) is 11.1. The van der Waals surface area contributed by atoms with Gasteiger partial charge in [0.05, 0.1) is 17.9 Å². The van der Waals surface area contributed by atoms with Crippen molar-refractivity contribution in [3.05, 3.63) is 0 Å². The summed E-state index contributed by atoms with van der Waals surface area (Å²) >= 11 is 5.73. The Hall–Kier alpha value is 0.139. The monoisotopic (exact) mass is 666 g/mol. The van der Waals surface area contributed by atoms with Crippen LogP contribution in [-0.4, -0.2) is 116 Å². The van der Waals surface area contributed by atoms with Gasteiger partial charge in [-0.05, 0) is 55.8 Å². The first-order chi connectivity index (χ1) is 16.8.